The van der Waals surface area contributed by atoms with Gasteiger partial charge in [0.25, 0.3) is 0 Å². The number of furan rings is 1. The smallest absolute Gasteiger partial charge is 0.164 e. The Bertz CT molecular complexity index is 3250. The third kappa shape index (κ3) is 5.03. The first-order valence-electron chi connectivity index (χ1n) is 19.7. The number of aromatic nitrogens is 3. The molecule has 0 unspecified atom stereocenters. The van der Waals surface area contributed by atoms with Crippen molar-refractivity contribution in [3.63, 3.8) is 0 Å². The van der Waals surface area contributed by atoms with Gasteiger partial charge in [-0.3, -0.25) is 0 Å². The number of hydrogen-bond donors (Lipinski definition) is 0. The zero-order valence-electron chi connectivity index (χ0n) is 32.3. The molecule has 0 saturated heterocycles. The van der Waals surface area contributed by atoms with Crippen LogP contribution in [-0.4, -0.2) is 15.0 Å². The summed E-state index contributed by atoms with van der Waals surface area (Å²) in [6.45, 7) is 9.52. The van der Waals surface area contributed by atoms with Crippen LogP contribution in [0, 0.1) is 0 Å². The van der Waals surface area contributed by atoms with Crippen molar-refractivity contribution in [2.75, 3.05) is 0 Å². The molecule has 8 aromatic carbocycles. The van der Waals surface area contributed by atoms with Gasteiger partial charge in [0.2, 0.25) is 0 Å². The molecular weight excluding hydrogens is 695 g/mol. The van der Waals surface area contributed by atoms with Crippen LogP contribution in [0.3, 0.4) is 0 Å². The third-order valence-corrected chi connectivity index (χ3v) is 12.9. The Labute approximate surface area is 331 Å². The maximum atomic E-state index is 6.58. The summed E-state index contributed by atoms with van der Waals surface area (Å²) in [5.41, 5.74) is 12.0. The van der Waals surface area contributed by atoms with Gasteiger partial charge in [-0.05, 0) is 84.6 Å². The normalized spacial score (nSPS) is 14.2. The Kier molecular flexibility index (Phi) is 7.21. The van der Waals surface area contributed by atoms with E-state index in [9.17, 15) is 0 Å². The van der Waals surface area contributed by atoms with Crippen molar-refractivity contribution in [3.05, 3.63) is 175 Å². The number of rotatable bonds is 4. The second-order valence-electron chi connectivity index (χ2n) is 16.4. The second-order valence-corrected chi connectivity index (χ2v) is 16.4. The van der Waals surface area contributed by atoms with Crippen molar-refractivity contribution in [3.8, 4) is 56.4 Å². The predicted molar refractivity (Wildman–Crippen MR) is 235 cm³/mol. The van der Waals surface area contributed by atoms with Crippen LogP contribution in [0.15, 0.2) is 168 Å². The largest absolute Gasteiger partial charge is 0.456 e. The van der Waals surface area contributed by atoms with E-state index in [-0.39, 0.29) is 10.8 Å². The van der Waals surface area contributed by atoms with Gasteiger partial charge in [0.1, 0.15) is 11.2 Å². The van der Waals surface area contributed by atoms with Crippen LogP contribution in [0.5, 0.6) is 0 Å². The molecule has 0 atom stereocenters. The Hall–Kier alpha value is -6.91. The fourth-order valence-electron chi connectivity index (χ4n) is 9.17. The molecule has 0 fully saturated rings. The van der Waals surface area contributed by atoms with Gasteiger partial charge in [0.15, 0.2) is 17.5 Å². The van der Waals surface area contributed by atoms with Crippen LogP contribution < -0.4 is 0 Å². The quantitative estimate of drug-likeness (QED) is 0.169. The SMILES string of the molecule is CC1(C)c2ccccc2-c2ccc(-c3cccc(-c4nc(-c5ccccc5)nc(-c5cc6oc7ccccc7c6c6c5ccc5ccccc56)n4)c3)cc2C1(C)C. The van der Waals surface area contributed by atoms with Crippen LogP contribution in [0.25, 0.3) is 99.9 Å². The van der Waals surface area contributed by atoms with Crippen LogP contribution in [0.4, 0.5) is 0 Å². The van der Waals surface area contributed by atoms with Crippen LogP contribution >= 0.6 is 0 Å². The highest BCUT2D eigenvalue weighted by Gasteiger charge is 2.45. The Morgan fingerprint density at radius 2 is 1.00 bits per heavy atom. The van der Waals surface area contributed by atoms with Gasteiger partial charge in [0, 0.05) is 32.8 Å². The highest BCUT2D eigenvalue weighted by atomic mass is 16.3. The van der Waals surface area contributed by atoms with E-state index in [1.165, 1.54) is 38.6 Å². The summed E-state index contributed by atoms with van der Waals surface area (Å²) in [6.07, 6.45) is 0. The number of fused-ring (bicyclic) bond motifs is 10. The molecule has 0 bridgehead atoms. The van der Waals surface area contributed by atoms with E-state index in [0.29, 0.717) is 17.5 Å². The first-order chi connectivity index (χ1) is 27.8. The molecule has 272 valence electrons. The fraction of sp³-hybridized carbons (Fsp3) is 0.113. The van der Waals surface area contributed by atoms with E-state index in [1.807, 2.05) is 30.3 Å². The molecule has 0 saturated carbocycles. The summed E-state index contributed by atoms with van der Waals surface area (Å²) in [6, 6.07) is 58.0. The zero-order chi connectivity index (χ0) is 38.5. The predicted octanol–water partition coefficient (Wildman–Crippen LogP) is 14.0. The number of nitrogens with zero attached hydrogens (tertiary/aromatic N) is 3. The van der Waals surface area contributed by atoms with Gasteiger partial charge < -0.3 is 4.42 Å². The molecule has 4 nitrogen and oxygen atoms in total. The van der Waals surface area contributed by atoms with Crippen molar-refractivity contribution < 1.29 is 4.42 Å². The van der Waals surface area contributed by atoms with Gasteiger partial charge in [-0.15, -0.1) is 0 Å². The Balaban J connectivity index is 1.12. The van der Waals surface area contributed by atoms with Crippen LogP contribution in [0.1, 0.15) is 38.8 Å². The lowest BCUT2D eigenvalue weighted by Gasteiger charge is -2.48. The highest BCUT2D eigenvalue weighted by molar-refractivity contribution is 6.29. The van der Waals surface area contributed by atoms with Crippen LogP contribution in [0.2, 0.25) is 0 Å². The molecule has 1 aliphatic carbocycles. The van der Waals surface area contributed by atoms with Crippen LogP contribution in [-0.2, 0) is 10.8 Å². The van der Waals surface area contributed by atoms with E-state index in [4.69, 9.17) is 19.4 Å². The maximum Gasteiger partial charge on any atom is 0.164 e. The molecule has 2 heterocycles. The van der Waals surface area contributed by atoms with Gasteiger partial charge in [0.05, 0.1) is 0 Å². The minimum atomic E-state index is -0.0902. The van der Waals surface area contributed by atoms with Crippen molar-refractivity contribution in [2.45, 2.75) is 38.5 Å². The van der Waals surface area contributed by atoms with E-state index >= 15 is 0 Å². The lowest BCUT2D eigenvalue weighted by Crippen LogP contribution is -2.43. The summed E-state index contributed by atoms with van der Waals surface area (Å²) in [4.78, 5) is 15.7. The first-order valence-corrected chi connectivity index (χ1v) is 19.7. The molecule has 0 aliphatic heterocycles. The summed E-state index contributed by atoms with van der Waals surface area (Å²) in [5.74, 6) is 1.84. The van der Waals surface area contributed by atoms with Gasteiger partial charge in [-0.25, -0.2) is 15.0 Å². The molecule has 0 radical (unpaired) electrons. The van der Waals surface area contributed by atoms with Gasteiger partial charge in [-0.1, -0.05) is 167 Å². The molecular formula is C53H39N3O. The molecule has 11 rings (SSSR count). The fourth-order valence-corrected chi connectivity index (χ4v) is 9.17. The second kappa shape index (κ2) is 12.3. The minimum absolute atomic E-state index is 0.0476. The lowest BCUT2D eigenvalue weighted by molar-refractivity contribution is 0.299. The molecule has 0 spiro atoms. The van der Waals surface area contributed by atoms with E-state index < -0.39 is 0 Å². The summed E-state index contributed by atoms with van der Waals surface area (Å²) < 4.78 is 6.58. The summed E-state index contributed by atoms with van der Waals surface area (Å²) in [5, 5.41) is 6.74. The van der Waals surface area contributed by atoms with E-state index in [0.717, 1.165) is 55.0 Å². The van der Waals surface area contributed by atoms with Crippen molar-refractivity contribution >= 4 is 43.5 Å². The number of para-hydroxylation sites is 1. The monoisotopic (exact) mass is 733 g/mol. The Morgan fingerprint density at radius 1 is 0.368 bits per heavy atom. The molecule has 2 aromatic heterocycles. The molecule has 0 N–H and O–H groups in total. The molecule has 1 aliphatic rings. The molecule has 10 aromatic rings. The summed E-state index contributed by atoms with van der Waals surface area (Å²) >= 11 is 0. The third-order valence-electron chi connectivity index (χ3n) is 12.9. The minimum Gasteiger partial charge on any atom is -0.456 e. The highest BCUT2D eigenvalue weighted by Crippen LogP contribution is 2.54. The summed E-state index contributed by atoms with van der Waals surface area (Å²) in [7, 11) is 0. The molecule has 0 amide bonds. The van der Waals surface area contributed by atoms with Crippen molar-refractivity contribution in [1.29, 1.82) is 0 Å². The number of benzene rings is 8. The number of hydrogen-bond acceptors (Lipinski definition) is 4. The van der Waals surface area contributed by atoms with Gasteiger partial charge in [-0.2, -0.15) is 0 Å². The van der Waals surface area contributed by atoms with E-state index in [1.54, 1.807) is 0 Å². The topological polar surface area (TPSA) is 51.8 Å². The molecule has 57 heavy (non-hydrogen) atoms. The average Bonchev–Trinajstić information content (AvgIpc) is 3.64. The van der Waals surface area contributed by atoms with E-state index in [2.05, 4.69) is 161 Å². The molecule has 4 heteroatoms. The standard InChI is InChI=1S/C53H39N3O/c1-52(2)43-23-12-10-21-38(43)39-27-26-35(30-44(39)53(52,3)4)34-18-14-19-36(29-34)50-54-49(33-16-6-5-7-17-33)55-51(56-50)42-31-46-48(41-22-11-13-24-45(41)57-46)47-37-20-9-8-15-32(37)25-28-40(42)47/h5-31H,1-4H3. The zero-order valence-corrected chi connectivity index (χ0v) is 32.3. The van der Waals surface area contributed by atoms with Crippen molar-refractivity contribution in [1.82, 2.24) is 15.0 Å². The maximum absolute atomic E-state index is 6.58. The lowest BCUT2D eigenvalue weighted by atomic mass is 9.55. The van der Waals surface area contributed by atoms with Gasteiger partial charge >= 0.3 is 0 Å². The Morgan fingerprint density at radius 3 is 1.86 bits per heavy atom. The average molecular weight is 734 g/mol. The first kappa shape index (κ1) is 33.4. The van der Waals surface area contributed by atoms with Crippen molar-refractivity contribution in [2.24, 2.45) is 0 Å².